The fourth-order valence-electron chi connectivity index (χ4n) is 2.18. The van der Waals surface area contributed by atoms with Crippen LogP contribution in [0.25, 0.3) is 11.1 Å². The van der Waals surface area contributed by atoms with Gasteiger partial charge in [0, 0.05) is 6.07 Å². The number of hydrogen-bond acceptors (Lipinski definition) is 6. The van der Waals surface area contributed by atoms with Crippen molar-refractivity contribution in [2.75, 3.05) is 11.1 Å². The number of carbonyl (C=O) groups is 1. The van der Waals surface area contributed by atoms with E-state index in [1.54, 1.807) is 19.1 Å². The van der Waals surface area contributed by atoms with Crippen molar-refractivity contribution < 1.29 is 14.1 Å². The van der Waals surface area contributed by atoms with Gasteiger partial charge in [-0.05, 0) is 25.1 Å². The van der Waals surface area contributed by atoms with Gasteiger partial charge in [0.1, 0.15) is 5.52 Å². The van der Waals surface area contributed by atoms with Gasteiger partial charge in [-0.2, -0.15) is 0 Å². The summed E-state index contributed by atoms with van der Waals surface area (Å²) in [6.45, 7) is 1.60. The zero-order valence-electron chi connectivity index (χ0n) is 12.7. The van der Waals surface area contributed by atoms with E-state index in [1.165, 1.54) is 23.9 Å². The lowest BCUT2D eigenvalue weighted by molar-refractivity contribution is -0.385. The summed E-state index contributed by atoms with van der Waals surface area (Å²) in [5, 5.41) is 14.0. The summed E-state index contributed by atoms with van der Waals surface area (Å²) in [5.74, 6) is -0.194. The maximum absolute atomic E-state index is 12.1. The van der Waals surface area contributed by atoms with Crippen LogP contribution in [0, 0.1) is 17.0 Å². The lowest BCUT2D eigenvalue weighted by atomic mass is 10.1. The van der Waals surface area contributed by atoms with Gasteiger partial charge in [0.25, 0.3) is 10.9 Å². The number of nitrogens with one attached hydrogen (secondary N) is 1. The summed E-state index contributed by atoms with van der Waals surface area (Å²) in [5.41, 5.74) is 2.21. The molecular formula is C16H13N3O4S. The van der Waals surface area contributed by atoms with Gasteiger partial charge >= 0.3 is 0 Å². The SMILES string of the molecule is Cc1c(NC(=O)CSc2nc3ccccc3o2)cccc1[N+](=O)[O-]. The molecule has 0 saturated carbocycles. The number of fused-ring (bicyclic) bond motifs is 1. The van der Waals surface area contributed by atoms with Crippen LogP contribution in [0.1, 0.15) is 5.56 Å². The Kier molecular flexibility index (Phi) is 4.48. The topological polar surface area (TPSA) is 98.3 Å². The predicted molar refractivity (Wildman–Crippen MR) is 91.2 cm³/mol. The van der Waals surface area contributed by atoms with Crippen molar-refractivity contribution >= 4 is 40.1 Å². The molecule has 1 heterocycles. The number of aromatic nitrogens is 1. The van der Waals surface area contributed by atoms with E-state index in [4.69, 9.17) is 4.42 Å². The van der Waals surface area contributed by atoms with Gasteiger partial charge in [-0.15, -0.1) is 0 Å². The minimum absolute atomic E-state index is 0.0283. The van der Waals surface area contributed by atoms with Crippen LogP contribution in [-0.4, -0.2) is 21.6 Å². The molecule has 7 nitrogen and oxygen atoms in total. The number of para-hydroxylation sites is 2. The molecule has 0 radical (unpaired) electrons. The fraction of sp³-hybridized carbons (Fsp3) is 0.125. The number of rotatable bonds is 5. The maximum atomic E-state index is 12.1. The van der Waals surface area contributed by atoms with Crippen LogP contribution >= 0.6 is 11.8 Å². The lowest BCUT2D eigenvalue weighted by Gasteiger charge is -2.07. The number of hydrogen-bond donors (Lipinski definition) is 1. The Morgan fingerprint density at radius 2 is 2.08 bits per heavy atom. The summed E-state index contributed by atoms with van der Waals surface area (Å²) >= 11 is 1.17. The van der Waals surface area contributed by atoms with Crippen molar-refractivity contribution in [1.29, 1.82) is 0 Å². The Bertz CT molecular complexity index is 890. The number of nitro groups is 1. The van der Waals surface area contributed by atoms with Gasteiger partial charge in [-0.3, -0.25) is 14.9 Å². The van der Waals surface area contributed by atoms with E-state index in [-0.39, 0.29) is 17.3 Å². The first-order valence-corrected chi connectivity index (χ1v) is 8.05. The first kappa shape index (κ1) is 16.0. The number of benzene rings is 2. The molecule has 0 atom stereocenters. The molecule has 0 saturated heterocycles. The van der Waals surface area contributed by atoms with Crippen molar-refractivity contribution in [2.24, 2.45) is 0 Å². The largest absolute Gasteiger partial charge is 0.431 e. The third-order valence-electron chi connectivity index (χ3n) is 3.38. The van der Waals surface area contributed by atoms with Crippen LogP contribution in [-0.2, 0) is 4.79 Å². The number of anilines is 1. The van der Waals surface area contributed by atoms with E-state index >= 15 is 0 Å². The lowest BCUT2D eigenvalue weighted by Crippen LogP contribution is -2.15. The molecule has 1 N–H and O–H groups in total. The van der Waals surface area contributed by atoms with Gasteiger partial charge in [-0.25, -0.2) is 4.98 Å². The average Bonchev–Trinajstić information content (AvgIpc) is 2.97. The highest BCUT2D eigenvalue weighted by Crippen LogP contribution is 2.26. The van der Waals surface area contributed by atoms with Crippen molar-refractivity contribution in [3.63, 3.8) is 0 Å². The molecule has 2 aromatic carbocycles. The van der Waals surface area contributed by atoms with Crippen LogP contribution in [0.3, 0.4) is 0 Å². The molecule has 1 amide bonds. The molecule has 0 aliphatic rings. The quantitative estimate of drug-likeness (QED) is 0.430. The highest BCUT2D eigenvalue weighted by atomic mass is 32.2. The van der Waals surface area contributed by atoms with Crippen molar-refractivity contribution in [1.82, 2.24) is 4.98 Å². The van der Waals surface area contributed by atoms with E-state index in [0.717, 1.165) is 5.52 Å². The molecular weight excluding hydrogens is 330 g/mol. The molecule has 0 unspecified atom stereocenters. The second-order valence-corrected chi connectivity index (χ2v) is 5.92. The van der Waals surface area contributed by atoms with Crippen molar-refractivity contribution in [3.8, 4) is 0 Å². The monoisotopic (exact) mass is 343 g/mol. The van der Waals surface area contributed by atoms with E-state index in [9.17, 15) is 14.9 Å². The van der Waals surface area contributed by atoms with Crippen LogP contribution in [0.2, 0.25) is 0 Å². The van der Waals surface area contributed by atoms with Crippen molar-refractivity contribution in [2.45, 2.75) is 12.1 Å². The van der Waals surface area contributed by atoms with Crippen LogP contribution in [0.15, 0.2) is 52.1 Å². The van der Waals surface area contributed by atoms with E-state index in [0.29, 0.717) is 22.1 Å². The van der Waals surface area contributed by atoms with Gasteiger partial charge in [-0.1, -0.05) is 30.0 Å². The standard InChI is InChI=1S/C16H13N3O4S/c1-10-11(6-4-7-13(10)19(21)22)17-15(20)9-24-16-18-12-5-2-3-8-14(12)23-16/h2-8H,9H2,1H3,(H,17,20). The van der Waals surface area contributed by atoms with Gasteiger partial charge in [0.15, 0.2) is 5.58 Å². The Balaban J connectivity index is 1.65. The molecule has 0 aliphatic carbocycles. The van der Waals surface area contributed by atoms with Crippen LogP contribution < -0.4 is 5.32 Å². The van der Waals surface area contributed by atoms with E-state index < -0.39 is 4.92 Å². The minimum atomic E-state index is -0.474. The summed E-state index contributed by atoms with van der Waals surface area (Å²) in [6, 6.07) is 11.9. The number of nitrogens with zero attached hydrogens (tertiary/aromatic N) is 2. The molecule has 8 heteroatoms. The van der Waals surface area contributed by atoms with Crippen molar-refractivity contribution in [3.05, 3.63) is 58.1 Å². The maximum Gasteiger partial charge on any atom is 0.274 e. The Morgan fingerprint density at radius 1 is 1.29 bits per heavy atom. The molecule has 24 heavy (non-hydrogen) atoms. The zero-order chi connectivity index (χ0) is 17.1. The number of thioether (sulfide) groups is 1. The number of nitro benzene ring substituents is 1. The smallest absolute Gasteiger partial charge is 0.274 e. The highest BCUT2D eigenvalue weighted by Gasteiger charge is 2.15. The van der Waals surface area contributed by atoms with Gasteiger partial charge in [0.2, 0.25) is 5.91 Å². The average molecular weight is 343 g/mol. The highest BCUT2D eigenvalue weighted by molar-refractivity contribution is 7.99. The number of oxazole rings is 1. The second-order valence-electron chi connectivity index (χ2n) is 4.99. The minimum Gasteiger partial charge on any atom is -0.431 e. The van der Waals surface area contributed by atoms with Crippen LogP contribution in [0.5, 0.6) is 0 Å². The Morgan fingerprint density at radius 3 is 2.83 bits per heavy atom. The molecule has 0 bridgehead atoms. The Labute approximate surface area is 141 Å². The van der Waals surface area contributed by atoms with Crippen LogP contribution in [0.4, 0.5) is 11.4 Å². The van der Waals surface area contributed by atoms with Gasteiger partial charge < -0.3 is 9.73 Å². The fourth-order valence-corrected chi connectivity index (χ4v) is 2.82. The Hall–Kier alpha value is -2.87. The molecule has 3 rings (SSSR count). The predicted octanol–water partition coefficient (Wildman–Crippen LogP) is 3.78. The zero-order valence-corrected chi connectivity index (χ0v) is 13.5. The molecule has 0 aliphatic heterocycles. The third kappa shape index (κ3) is 3.38. The molecule has 0 fully saturated rings. The summed E-state index contributed by atoms with van der Waals surface area (Å²) in [6.07, 6.45) is 0. The number of carbonyl (C=O) groups excluding carboxylic acids is 1. The third-order valence-corrected chi connectivity index (χ3v) is 4.21. The summed E-state index contributed by atoms with van der Waals surface area (Å²) in [7, 11) is 0. The first-order valence-electron chi connectivity index (χ1n) is 7.07. The second kappa shape index (κ2) is 6.71. The number of amides is 1. The molecule has 1 aromatic heterocycles. The van der Waals surface area contributed by atoms with E-state index in [1.807, 2.05) is 18.2 Å². The molecule has 3 aromatic rings. The van der Waals surface area contributed by atoms with Gasteiger partial charge in [0.05, 0.1) is 21.9 Å². The summed E-state index contributed by atoms with van der Waals surface area (Å²) in [4.78, 5) is 26.8. The normalized spacial score (nSPS) is 10.7. The molecule has 0 spiro atoms. The first-order chi connectivity index (χ1) is 11.5. The van der Waals surface area contributed by atoms with E-state index in [2.05, 4.69) is 10.3 Å². The molecule has 122 valence electrons. The summed E-state index contributed by atoms with van der Waals surface area (Å²) < 4.78 is 5.53.